The van der Waals surface area contributed by atoms with Gasteiger partial charge in [0.25, 0.3) is 0 Å². The number of hydrogen-bond donors (Lipinski definition) is 1. The predicted octanol–water partition coefficient (Wildman–Crippen LogP) is 0.553. The molecule has 2 N–H and O–H groups in total. The third-order valence-electron chi connectivity index (χ3n) is 2.62. The van der Waals surface area contributed by atoms with Crippen LogP contribution in [0, 0.1) is 0 Å². The van der Waals surface area contributed by atoms with Crippen LogP contribution in [0.2, 0.25) is 0 Å². The molecule has 0 spiro atoms. The van der Waals surface area contributed by atoms with E-state index in [0.717, 1.165) is 23.4 Å². The number of methoxy groups -OCH3 is 1. The predicted molar refractivity (Wildman–Crippen MR) is 89.6 cm³/mol. The van der Waals surface area contributed by atoms with E-state index in [9.17, 15) is 13.2 Å². The molecule has 2 aromatic rings. The van der Waals surface area contributed by atoms with Gasteiger partial charge in [0.15, 0.2) is 5.13 Å². The maximum absolute atomic E-state index is 11.9. The van der Waals surface area contributed by atoms with Crippen molar-refractivity contribution < 1.29 is 27.0 Å². The van der Waals surface area contributed by atoms with E-state index in [-0.39, 0.29) is 17.6 Å². The number of benzene rings is 1. The SMILES string of the molecule is COc1ccc(CON=C(C(=O)OS(C)(=O)=O)c2nsc(N)n2)cc1. The third-order valence-corrected chi connectivity index (χ3v) is 3.62. The molecule has 0 atom stereocenters. The van der Waals surface area contributed by atoms with Crippen molar-refractivity contribution in [1.82, 2.24) is 9.36 Å². The zero-order valence-corrected chi connectivity index (χ0v) is 14.8. The molecule has 0 fully saturated rings. The maximum atomic E-state index is 11.9. The van der Waals surface area contributed by atoms with E-state index in [2.05, 4.69) is 18.7 Å². The Morgan fingerprint density at radius 3 is 2.52 bits per heavy atom. The summed E-state index contributed by atoms with van der Waals surface area (Å²) in [6.07, 6.45) is 0.726. The van der Waals surface area contributed by atoms with Crippen molar-refractivity contribution in [3.8, 4) is 5.75 Å². The van der Waals surface area contributed by atoms with Crippen molar-refractivity contribution in [1.29, 1.82) is 0 Å². The summed E-state index contributed by atoms with van der Waals surface area (Å²) >= 11 is 0.811. The minimum Gasteiger partial charge on any atom is -0.497 e. The Kier molecular flexibility index (Phi) is 5.88. The van der Waals surface area contributed by atoms with Crippen molar-refractivity contribution >= 4 is 38.5 Å². The topological polar surface area (TPSA) is 143 Å². The first kappa shape index (κ1) is 18.6. The van der Waals surface area contributed by atoms with E-state index in [0.29, 0.717) is 5.75 Å². The molecule has 1 heterocycles. The average molecular weight is 386 g/mol. The first-order valence-corrected chi connectivity index (χ1v) is 9.23. The minimum absolute atomic E-state index is 0.0132. The largest absolute Gasteiger partial charge is 0.497 e. The van der Waals surface area contributed by atoms with Crippen LogP contribution in [-0.2, 0) is 30.5 Å². The van der Waals surface area contributed by atoms with Crippen molar-refractivity contribution in [3.05, 3.63) is 35.7 Å². The molecule has 1 aromatic carbocycles. The first-order valence-electron chi connectivity index (χ1n) is 6.64. The lowest BCUT2D eigenvalue weighted by molar-refractivity contribution is -0.126. The molecule has 1 aromatic heterocycles. The lowest BCUT2D eigenvalue weighted by atomic mass is 10.2. The number of oxime groups is 1. The number of hydrogen-bond acceptors (Lipinski definition) is 11. The summed E-state index contributed by atoms with van der Waals surface area (Å²) in [7, 11) is -2.49. The Hall–Kier alpha value is -2.73. The first-order chi connectivity index (χ1) is 11.8. The second-order valence-corrected chi connectivity index (χ2v) is 6.95. The van der Waals surface area contributed by atoms with Crippen LogP contribution in [0.15, 0.2) is 29.4 Å². The van der Waals surface area contributed by atoms with Gasteiger partial charge < -0.3 is 19.5 Å². The molecule has 10 nitrogen and oxygen atoms in total. The number of nitrogen functional groups attached to an aromatic ring is 1. The highest BCUT2D eigenvalue weighted by Gasteiger charge is 2.25. The van der Waals surface area contributed by atoms with Gasteiger partial charge in [-0.25, -0.2) is 4.79 Å². The average Bonchev–Trinajstić information content (AvgIpc) is 2.96. The van der Waals surface area contributed by atoms with Crippen molar-refractivity contribution in [3.63, 3.8) is 0 Å². The normalized spacial score (nSPS) is 11.8. The number of ether oxygens (including phenoxy) is 1. The molecule has 25 heavy (non-hydrogen) atoms. The van der Waals surface area contributed by atoms with Crippen LogP contribution in [0.4, 0.5) is 5.13 Å². The van der Waals surface area contributed by atoms with Crippen LogP contribution in [0.3, 0.4) is 0 Å². The molecule has 0 aliphatic rings. The van der Waals surface area contributed by atoms with E-state index in [1.54, 1.807) is 31.4 Å². The van der Waals surface area contributed by atoms with E-state index in [1.165, 1.54) is 0 Å². The zero-order chi connectivity index (χ0) is 18.4. The number of nitrogens with zero attached hydrogens (tertiary/aromatic N) is 3. The fourth-order valence-corrected chi connectivity index (χ4v) is 2.36. The second-order valence-electron chi connectivity index (χ2n) is 4.59. The Labute approximate surface area is 147 Å². The highest BCUT2D eigenvalue weighted by Crippen LogP contribution is 2.13. The van der Waals surface area contributed by atoms with Gasteiger partial charge in [-0.15, -0.1) is 0 Å². The quantitative estimate of drug-likeness (QED) is 0.410. The summed E-state index contributed by atoms with van der Waals surface area (Å²) in [5.41, 5.74) is 5.69. The van der Waals surface area contributed by atoms with E-state index < -0.39 is 21.8 Å². The van der Waals surface area contributed by atoms with Crippen LogP contribution in [0.1, 0.15) is 11.4 Å². The molecular formula is C13H14N4O6S2. The minimum atomic E-state index is -4.04. The molecule has 0 unspecified atom stereocenters. The van der Waals surface area contributed by atoms with Crippen molar-refractivity contribution in [2.24, 2.45) is 5.16 Å². The van der Waals surface area contributed by atoms with Crippen LogP contribution in [-0.4, -0.2) is 42.8 Å². The Balaban J connectivity index is 2.16. The lowest BCUT2D eigenvalue weighted by Gasteiger charge is -2.04. The third kappa shape index (κ3) is 5.69. The molecule has 134 valence electrons. The monoisotopic (exact) mass is 386 g/mol. The highest BCUT2D eigenvalue weighted by molar-refractivity contribution is 7.86. The number of carbonyl (C=O) groups excluding carboxylic acids is 1. The lowest BCUT2D eigenvalue weighted by Crippen LogP contribution is -2.23. The number of aromatic nitrogens is 2. The van der Waals surface area contributed by atoms with Crippen LogP contribution in [0.25, 0.3) is 0 Å². The fraction of sp³-hybridized carbons (Fsp3) is 0.231. The van der Waals surface area contributed by atoms with Gasteiger partial charge >= 0.3 is 16.1 Å². The summed E-state index contributed by atoms with van der Waals surface area (Å²) in [4.78, 5) is 20.8. The van der Waals surface area contributed by atoms with E-state index in [4.69, 9.17) is 15.3 Å². The van der Waals surface area contributed by atoms with Gasteiger partial charge in [0, 0.05) is 11.5 Å². The molecule has 0 aliphatic carbocycles. The molecule has 0 saturated carbocycles. The Bertz CT molecular complexity index is 876. The number of rotatable bonds is 7. The Morgan fingerprint density at radius 1 is 1.32 bits per heavy atom. The molecule has 0 saturated heterocycles. The summed E-state index contributed by atoms with van der Waals surface area (Å²) in [6.45, 7) is 0.0132. The molecular weight excluding hydrogens is 372 g/mol. The summed E-state index contributed by atoms with van der Waals surface area (Å²) in [5.74, 6) is -0.785. The molecule has 12 heteroatoms. The second kappa shape index (κ2) is 7.90. The molecule has 0 radical (unpaired) electrons. The number of nitrogens with two attached hydrogens (primary N) is 1. The zero-order valence-electron chi connectivity index (χ0n) is 13.2. The molecule has 2 rings (SSSR count). The van der Waals surface area contributed by atoms with Gasteiger partial charge in [-0.05, 0) is 17.7 Å². The van der Waals surface area contributed by atoms with Gasteiger partial charge in [0.2, 0.25) is 11.5 Å². The van der Waals surface area contributed by atoms with Gasteiger partial charge in [0.1, 0.15) is 12.4 Å². The number of anilines is 1. The smallest absolute Gasteiger partial charge is 0.379 e. The van der Waals surface area contributed by atoms with E-state index in [1.807, 2.05) is 0 Å². The summed E-state index contributed by atoms with van der Waals surface area (Å²) in [6, 6.07) is 6.93. The molecule has 0 aliphatic heterocycles. The van der Waals surface area contributed by atoms with Crippen molar-refractivity contribution in [2.75, 3.05) is 19.1 Å². The van der Waals surface area contributed by atoms with Gasteiger partial charge in [-0.1, -0.05) is 17.3 Å². The van der Waals surface area contributed by atoms with E-state index >= 15 is 0 Å². The highest BCUT2D eigenvalue weighted by atomic mass is 32.2. The molecule has 0 amide bonds. The van der Waals surface area contributed by atoms with Crippen LogP contribution in [0.5, 0.6) is 5.75 Å². The van der Waals surface area contributed by atoms with Gasteiger partial charge in [-0.3, -0.25) is 0 Å². The number of carbonyl (C=O) groups is 1. The van der Waals surface area contributed by atoms with Crippen LogP contribution >= 0.6 is 11.5 Å². The Morgan fingerprint density at radius 2 is 2.00 bits per heavy atom. The fourth-order valence-electron chi connectivity index (χ4n) is 1.57. The van der Waals surface area contributed by atoms with Gasteiger partial charge in [0.05, 0.1) is 13.4 Å². The standard InChI is InChI=1S/C13H14N4O6S2/c1-21-9-5-3-8(4-6-9)7-22-16-10(11-15-13(14)24-17-11)12(18)23-25(2,19)20/h3-6H,7H2,1-2H3,(H2,14,15,17). The molecule has 0 bridgehead atoms. The van der Waals surface area contributed by atoms with Crippen molar-refractivity contribution in [2.45, 2.75) is 6.61 Å². The summed E-state index contributed by atoms with van der Waals surface area (Å²) < 4.78 is 35.4. The van der Waals surface area contributed by atoms with Gasteiger partial charge in [-0.2, -0.15) is 17.8 Å². The maximum Gasteiger partial charge on any atom is 0.379 e. The summed E-state index contributed by atoms with van der Waals surface area (Å²) in [5, 5.41) is 3.68. The van der Waals surface area contributed by atoms with Crippen LogP contribution < -0.4 is 10.5 Å².